The average molecular weight is 357 g/mol. The largest absolute Gasteiger partial charge is 0.347 e. The fraction of sp³-hybridized carbons (Fsp3) is 0.312. The van der Waals surface area contributed by atoms with Crippen LogP contribution in [0.1, 0.15) is 21.7 Å². The smallest absolute Gasteiger partial charge is 0.261 e. The molecule has 1 amide bonds. The normalized spacial score (nSPS) is 17.1. The molecule has 2 heterocycles. The number of hydrogen-bond donors (Lipinski definition) is 2. The summed E-state index contributed by atoms with van der Waals surface area (Å²) in [5, 5.41) is 7.04. The molecule has 6 heteroatoms. The van der Waals surface area contributed by atoms with Crippen molar-refractivity contribution in [3.05, 3.63) is 45.8 Å². The lowest BCUT2D eigenvalue weighted by Gasteiger charge is -2.09. The van der Waals surface area contributed by atoms with Crippen molar-refractivity contribution in [2.45, 2.75) is 19.4 Å². The summed E-state index contributed by atoms with van der Waals surface area (Å²) in [4.78, 5) is 14.2. The molecule has 1 atom stereocenters. The summed E-state index contributed by atoms with van der Waals surface area (Å²) < 4.78 is 0. The van der Waals surface area contributed by atoms with Gasteiger partial charge in [-0.25, -0.2) is 0 Å². The number of thiophene rings is 1. The first-order chi connectivity index (χ1) is 10.1. The summed E-state index contributed by atoms with van der Waals surface area (Å²) in [5.74, 6) is 0.0186. The van der Waals surface area contributed by atoms with Crippen molar-refractivity contribution in [3.8, 4) is 10.4 Å². The van der Waals surface area contributed by atoms with E-state index in [-0.39, 0.29) is 24.4 Å². The van der Waals surface area contributed by atoms with E-state index in [9.17, 15) is 4.79 Å². The van der Waals surface area contributed by atoms with Crippen LogP contribution in [0.4, 0.5) is 0 Å². The molecule has 1 aliphatic heterocycles. The van der Waals surface area contributed by atoms with Gasteiger partial charge in [-0.2, -0.15) is 0 Å². The highest BCUT2D eigenvalue weighted by atomic mass is 35.5. The topological polar surface area (TPSA) is 41.1 Å². The van der Waals surface area contributed by atoms with Crippen LogP contribution in [0.5, 0.6) is 0 Å². The Bertz CT molecular complexity index is 666. The summed E-state index contributed by atoms with van der Waals surface area (Å²) in [6.45, 7) is 3.86. The van der Waals surface area contributed by atoms with E-state index < -0.39 is 0 Å². The van der Waals surface area contributed by atoms with E-state index in [4.69, 9.17) is 11.6 Å². The Balaban J connectivity index is 0.00000176. The standard InChI is InChI=1S/C16H17ClN2OS.ClH/c1-10-7-14(16(20)19-13-5-6-18-9-13)21-15(10)11-3-2-4-12(17)8-11;/h2-4,7-8,13,18H,5-6,9H2,1H3,(H,19,20);1H. The second-order valence-corrected chi connectivity index (χ2v) is 6.78. The molecule has 2 aromatic rings. The maximum atomic E-state index is 12.3. The lowest BCUT2D eigenvalue weighted by Crippen LogP contribution is -2.35. The number of nitrogens with one attached hydrogen (secondary N) is 2. The van der Waals surface area contributed by atoms with Gasteiger partial charge >= 0.3 is 0 Å². The van der Waals surface area contributed by atoms with Crippen LogP contribution in [-0.4, -0.2) is 25.0 Å². The third-order valence-electron chi connectivity index (χ3n) is 3.62. The van der Waals surface area contributed by atoms with Crippen molar-refractivity contribution >= 4 is 41.3 Å². The predicted molar refractivity (Wildman–Crippen MR) is 95.5 cm³/mol. The van der Waals surface area contributed by atoms with E-state index in [1.54, 1.807) is 0 Å². The van der Waals surface area contributed by atoms with Crippen LogP contribution in [-0.2, 0) is 0 Å². The van der Waals surface area contributed by atoms with E-state index in [1.807, 2.05) is 37.3 Å². The van der Waals surface area contributed by atoms with Crippen molar-refractivity contribution in [2.24, 2.45) is 0 Å². The number of rotatable bonds is 3. The van der Waals surface area contributed by atoms with Crippen molar-refractivity contribution in [2.75, 3.05) is 13.1 Å². The number of halogens is 2. The fourth-order valence-electron chi connectivity index (χ4n) is 2.54. The Labute approximate surface area is 145 Å². The first-order valence-electron chi connectivity index (χ1n) is 7.01. The van der Waals surface area contributed by atoms with Gasteiger partial charge in [-0.1, -0.05) is 23.7 Å². The summed E-state index contributed by atoms with van der Waals surface area (Å²) in [5.41, 5.74) is 2.17. The highest BCUT2D eigenvalue weighted by Gasteiger charge is 2.19. The summed E-state index contributed by atoms with van der Waals surface area (Å²) in [6.07, 6.45) is 0.997. The monoisotopic (exact) mass is 356 g/mol. The summed E-state index contributed by atoms with van der Waals surface area (Å²) in [7, 11) is 0. The average Bonchev–Trinajstić information content (AvgIpc) is 3.08. The van der Waals surface area contributed by atoms with E-state index in [1.165, 1.54) is 11.3 Å². The molecule has 3 nitrogen and oxygen atoms in total. The Hall–Kier alpha value is -1.07. The molecule has 1 aromatic heterocycles. The van der Waals surface area contributed by atoms with Gasteiger partial charge in [0.15, 0.2) is 0 Å². The van der Waals surface area contributed by atoms with Crippen LogP contribution in [0.2, 0.25) is 5.02 Å². The lowest BCUT2D eigenvalue weighted by molar-refractivity contribution is 0.0944. The first kappa shape index (κ1) is 17.3. The molecule has 1 aromatic carbocycles. The van der Waals surface area contributed by atoms with Gasteiger partial charge in [0.05, 0.1) is 4.88 Å². The quantitative estimate of drug-likeness (QED) is 0.875. The zero-order valence-electron chi connectivity index (χ0n) is 12.2. The van der Waals surface area contributed by atoms with Gasteiger partial charge < -0.3 is 10.6 Å². The molecule has 1 aliphatic rings. The molecule has 0 saturated carbocycles. The van der Waals surface area contributed by atoms with Gasteiger partial charge in [-0.15, -0.1) is 23.7 Å². The zero-order chi connectivity index (χ0) is 14.8. The maximum Gasteiger partial charge on any atom is 0.261 e. The third-order valence-corrected chi connectivity index (χ3v) is 5.14. The highest BCUT2D eigenvalue weighted by Crippen LogP contribution is 2.33. The van der Waals surface area contributed by atoms with Crippen LogP contribution >= 0.6 is 35.3 Å². The van der Waals surface area contributed by atoms with Crippen LogP contribution < -0.4 is 10.6 Å². The zero-order valence-corrected chi connectivity index (χ0v) is 14.6. The van der Waals surface area contributed by atoms with E-state index in [0.29, 0.717) is 5.02 Å². The van der Waals surface area contributed by atoms with Crippen LogP contribution in [0.25, 0.3) is 10.4 Å². The van der Waals surface area contributed by atoms with E-state index >= 15 is 0 Å². The number of carbonyl (C=O) groups is 1. The number of hydrogen-bond acceptors (Lipinski definition) is 3. The third kappa shape index (κ3) is 3.82. The molecule has 0 radical (unpaired) electrons. The minimum Gasteiger partial charge on any atom is -0.347 e. The minimum atomic E-state index is 0. The molecular formula is C16H18Cl2N2OS. The van der Waals surface area contributed by atoms with E-state index in [2.05, 4.69) is 10.6 Å². The predicted octanol–water partition coefficient (Wildman–Crippen LogP) is 3.89. The number of carbonyl (C=O) groups excluding carboxylic acids is 1. The summed E-state index contributed by atoms with van der Waals surface area (Å²) >= 11 is 7.57. The van der Waals surface area contributed by atoms with Crippen molar-refractivity contribution in [1.82, 2.24) is 10.6 Å². The molecule has 2 N–H and O–H groups in total. The molecule has 0 aliphatic carbocycles. The van der Waals surface area contributed by atoms with Gasteiger partial charge in [0.25, 0.3) is 5.91 Å². The second kappa shape index (κ2) is 7.47. The fourth-order valence-corrected chi connectivity index (χ4v) is 3.81. The number of benzene rings is 1. The Morgan fingerprint density at radius 2 is 2.23 bits per heavy atom. The maximum absolute atomic E-state index is 12.3. The molecule has 3 rings (SSSR count). The van der Waals surface area contributed by atoms with Gasteiger partial charge in [0, 0.05) is 22.5 Å². The molecule has 0 spiro atoms. The SMILES string of the molecule is Cc1cc(C(=O)NC2CCNC2)sc1-c1cccc(Cl)c1.Cl. The minimum absolute atomic E-state index is 0. The Kier molecular flexibility index (Phi) is 5.87. The van der Waals surface area contributed by atoms with Gasteiger partial charge in [-0.05, 0) is 49.2 Å². The number of amides is 1. The second-order valence-electron chi connectivity index (χ2n) is 5.30. The van der Waals surface area contributed by atoms with Crippen molar-refractivity contribution in [3.63, 3.8) is 0 Å². The van der Waals surface area contributed by atoms with Gasteiger partial charge in [-0.3, -0.25) is 4.79 Å². The Morgan fingerprint density at radius 3 is 2.91 bits per heavy atom. The van der Waals surface area contributed by atoms with Crippen molar-refractivity contribution in [1.29, 1.82) is 0 Å². The lowest BCUT2D eigenvalue weighted by atomic mass is 10.1. The molecule has 0 bridgehead atoms. The van der Waals surface area contributed by atoms with E-state index in [0.717, 1.165) is 40.4 Å². The molecular weight excluding hydrogens is 339 g/mol. The molecule has 1 unspecified atom stereocenters. The number of aryl methyl sites for hydroxylation is 1. The van der Waals surface area contributed by atoms with Gasteiger partial charge in [0.1, 0.15) is 0 Å². The highest BCUT2D eigenvalue weighted by molar-refractivity contribution is 7.17. The molecule has 1 saturated heterocycles. The van der Waals surface area contributed by atoms with Gasteiger partial charge in [0.2, 0.25) is 0 Å². The van der Waals surface area contributed by atoms with Crippen LogP contribution in [0, 0.1) is 6.92 Å². The summed E-state index contributed by atoms with van der Waals surface area (Å²) in [6, 6.07) is 9.94. The van der Waals surface area contributed by atoms with Crippen molar-refractivity contribution < 1.29 is 4.79 Å². The first-order valence-corrected chi connectivity index (χ1v) is 8.21. The van der Waals surface area contributed by atoms with Crippen LogP contribution in [0.3, 0.4) is 0 Å². The molecule has 22 heavy (non-hydrogen) atoms. The molecule has 118 valence electrons. The van der Waals surface area contributed by atoms with Crippen LogP contribution in [0.15, 0.2) is 30.3 Å². The Morgan fingerprint density at radius 1 is 1.41 bits per heavy atom. The molecule has 1 fully saturated rings.